The van der Waals surface area contributed by atoms with Crippen LogP contribution in [0.4, 0.5) is 0 Å². The maximum absolute atomic E-state index is 12.7. The van der Waals surface area contributed by atoms with E-state index in [9.17, 15) is 9.59 Å². The standard InChI is InChI=1S/C24H31N3O2/c1-2-25-17-23(18-28)21-10-14-27(15-11-21)24(29)7-6-19-4-3-5-22(16-19)20-8-12-26-13-9-20/h3-5,8-9,12-13,16,18,21,23,25H,2,6-7,10-11,14-15,17H2,1H3. The van der Waals surface area contributed by atoms with Crippen molar-refractivity contribution in [1.29, 1.82) is 0 Å². The van der Waals surface area contributed by atoms with Crippen molar-refractivity contribution in [2.45, 2.75) is 32.6 Å². The van der Waals surface area contributed by atoms with Gasteiger partial charge in [0.15, 0.2) is 0 Å². The van der Waals surface area contributed by atoms with Gasteiger partial charge in [-0.1, -0.05) is 31.2 Å². The van der Waals surface area contributed by atoms with Crippen LogP contribution in [0, 0.1) is 11.8 Å². The minimum Gasteiger partial charge on any atom is -0.343 e. The van der Waals surface area contributed by atoms with Gasteiger partial charge < -0.3 is 15.0 Å². The number of hydrogen-bond donors (Lipinski definition) is 1. The molecule has 1 aromatic carbocycles. The number of rotatable bonds is 9. The van der Waals surface area contributed by atoms with Gasteiger partial charge in [-0.05, 0) is 60.5 Å². The highest BCUT2D eigenvalue weighted by Crippen LogP contribution is 2.25. The molecule has 0 bridgehead atoms. The van der Waals surface area contributed by atoms with Gasteiger partial charge in [0.25, 0.3) is 0 Å². The fourth-order valence-electron chi connectivity index (χ4n) is 4.07. The molecule has 1 aromatic heterocycles. The van der Waals surface area contributed by atoms with Gasteiger partial charge in [0.1, 0.15) is 6.29 Å². The van der Waals surface area contributed by atoms with Gasteiger partial charge in [0.05, 0.1) is 0 Å². The first kappa shape index (κ1) is 21.2. The van der Waals surface area contributed by atoms with E-state index >= 15 is 0 Å². The molecule has 5 heteroatoms. The van der Waals surface area contributed by atoms with E-state index < -0.39 is 0 Å². The van der Waals surface area contributed by atoms with Gasteiger partial charge >= 0.3 is 0 Å². The van der Waals surface area contributed by atoms with Crippen molar-refractivity contribution in [2.24, 2.45) is 11.8 Å². The quantitative estimate of drug-likeness (QED) is 0.664. The van der Waals surface area contributed by atoms with Crippen molar-refractivity contribution in [3.63, 3.8) is 0 Å². The second kappa shape index (κ2) is 10.9. The van der Waals surface area contributed by atoms with Crippen molar-refractivity contribution in [3.8, 4) is 11.1 Å². The number of aryl methyl sites for hydroxylation is 1. The van der Waals surface area contributed by atoms with Gasteiger partial charge in [-0.15, -0.1) is 0 Å². The van der Waals surface area contributed by atoms with E-state index in [-0.39, 0.29) is 11.8 Å². The molecule has 1 unspecified atom stereocenters. The molecule has 1 aliphatic rings. The Hall–Kier alpha value is -2.53. The van der Waals surface area contributed by atoms with E-state index in [4.69, 9.17) is 0 Å². The van der Waals surface area contributed by atoms with Gasteiger partial charge in [0.2, 0.25) is 5.91 Å². The van der Waals surface area contributed by atoms with E-state index in [2.05, 4.69) is 35.4 Å². The van der Waals surface area contributed by atoms with Gasteiger partial charge in [-0.3, -0.25) is 9.78 Å². The zero-order valence-corrected chi connectivity index (χ0v) is 17.2. The van der Waals surface area contributed by atoms with Crippen LogP contribution < -0.4 is 5.32 Å². The Morgan fingerprint density at radius 3 is 2.66 bits per heavy atom. The smallest absolute Gasteiger partial charge is 0.222 e. The molecule has 0 radical (unpaired) electrons. The Labute approximate surface area is 173 Å². The first-order valence-corrected chi connectivity index (χ1v) is 10.6. The summed E-state index contributed by atoms with van der Waals surface area (Å²) in [7, 11) is 0. The third kappa shape index (κ3) is 5.97. The predicted octanol–water partition coefficient (Wildman–Crippen LogP) is 3.34. The molecule has 154 valence electrons. The molecule has 2 aromatic rings. The maximum atomic E-state index is 12.7. The lowest BCUT2D eigenvalue weighted by atomic mass is 9.85. The lowest BCUT2D eigenvalue weighted by Crippen LogP contribution is -2.42. The number of likely N-dealkylation sites (tertiary alicyclic amines) is 1. The molecule has 0 aliphatic carbocycles. The van der Waals surface area contributed by atoms with Crippen molar-refractivity contribution in [3.05, 3.63) is 54.4 Å². The van der Waals surface area contributed by atoms with Crippen molar-refractivity contribution in [1.82, 2.24) is 15.2 Å². The Morgan fingerprint density at radius 2 is 1.97 bits per heavy atom. The molecule has 1 atom stereocenters. The minimum atomic E-state index is 0.0585. The normalized spacial score (nSPS) is 15.8. The number of nitrogens with zero attached hydrogens (tertiary/aromatic N) is 2. The molecule has 5 nitrogen and oxygen atoms in total. The van der Waals surface area contributed by atoms with Crippen LogP contribution in [0.2, 0.25) is 0 Å². The summed E-state index contributed by atoms with van der Waals surface area (Å²) < 4.78 is 0. The molecule has 1 saturated heterocycles. The summed E-state index contributed by atoms with van der Waals surface area (Å²) in [5, 5.41) is 3.27. The minimum absolute atomic E-state index is 0.0585. The van der Waals surface area contributed by atoms with E-state index in [0.717, 1.165) is 62.9 Å². The first-order valence-electron chi connectivity index (χ1n) is 10.6. The van der Waals surface area contributed by atoms with Crippen LogP contribution in [0.25, 0.3) is 11.1 Å². The summed E-state index contributed by atoms with van der Waals surface area (Å²) in [6, 6.07) is 12.4. The number of carbonyl (C=O) groups is 2. The largest absolute Gasteiger partial charge is 0.343 e. The van der Waals surface area contributed by atoms with E-state index in [1.54, 1.807) is 12.4 Å². The molecule has 2 heterocycles. The molecule has 0 spiro atoms. The van der Waals surface area contributed by atoms with Crippen LogP contribution in [0.5, 0.6) is 0 Å². The molecule has 1 amide bonds. The molecule has 29 heavy (non-hydrogen) atoms. The number of hydrogen-bond acceptors (Lipinski definition) is 4. The van der Waals surface area contributed by atoms with Crippen molar-refractivity contribution in [2.75, 3.05) is 26.2 Å². The Bertz CT molecular complexity index is 786. The SMILES string of the molecule is CCNCC(C=O)C1CCN(C(=O)CCc2cccc(-c3ccncc3)c2)CC1. The zero-order valence-electron chi connectivity index (χ0n) is 17.2. The summed E-state index contributed by atoms with van der Waals surface area (Å²) in [4.78, 5) is 30.1. The fourth-order valence-corrected chi connectivity index (χ4v) is 4.07. The highest BCUT2D eigenvalue weighted by Gasteiger charge is 2.27. The molecule has 0 saturated carbocycles. The Balaban J connectivity index is 1.49. The molecule has 1 fully saturated rings. The number of benzene rings is 1. The van der Waals surface area contributed by atoms with Gasteiger partial charge in [-0.2, -0.15) is 0 Å². The summed E-state index contributed by atoms with van der Waals surface area (Å²) in [5.41, 5.74) is 3.46. The number of amides is 1. The van der Waals surface area contributed by atoms with E-state index in [0.29, 0.717) is 12.3 Å². The van der Waals surface area contributed by atoms with Crippen LogP contribution in [-0.2, 0) is 16.0 Å². The molecule has 1 aliphatic heterocycles. The monoisotopic (exact) mass is 393 g/mol. The number of piperidine rings is 1. The summed E-state index contributed by atoms with van der Waals surface area (Å²) in [5.74, 6) is 0.655. The molecule has 3 rings (SSSR count). The average Bonchev–Trinajstić information content (AvgIpc) is 2.79. The van der Waals surface area contributed by atoms with Crippen LogP contribution >= 0.6 is 0 Å². The Kier molecular flexibility index (Phi) is 7.94. The number of carbonyl (C=O) groups excluding carboxylic acids is 2. The topological polar surface area (TPSA) is 62.3 Å². The summed E-state index contributed by atoms with van der Waals surface area (Å²) in [6.45, 7) is 5.19. The Morgan fingerprint density at radius 1 is 1.21 bits per heavy atom. The fraction of sp³-hybridized carbons (Fsp3) is 0.458. The van der Waals surface area contributed by atoms with Crippen molar-refractivity contribution < 1.29 is 9.59 Å². The number of nitrogens with one attached hydrogen (secondary N) is 1. The molecular weight excluding hydrogens is 362 g/mol. The predicted molar refractivity (Wildman–Crippen MR) is 115 cm³/mol. The van der Waals surface area contributed by atoms with Gasteiger partial charge in [-0.25, -0.2) is 0 Å². The van der Waals surface area contributed by atoms with E-state index in [1.807, 2.05) is 23.1 Å². The lowest BCUT2D eigenvalue weighted by molar-refractivity contribution is -0.132. The van der Waals surface area contributed by atoms with Crippen LogP contribution in [0.3, 0.4) is 0 Å². The van der Waals surface area contributed by atoms with Crippen LogP contribution in [-0.4, -0.2) is 48.3 Å². The summed E-state index contributed by atoms with van der Waals surface area (Å²) >= 11 is 0. The second-order valence-electron chi connectivity index (χ2n) is 7.76. The molecular formula is C24H31N3O2. The highest BCUT2D eigenvalue weighted by atomic mass is 16.2. The van der Waals surface area contributed by atoms with Gasteiger partial charge in [0, 0.05) is 44.4 Å². The first-order chi connectivity index (χ1) is 14.2. The zero-order chi connectivity index (χ0) is 20.5. The number of aldehydes is 1. The third-order valence-corrected chi connectivity index (χ3v) is 5.87. The third-order valence-electron chi connectivity index (χ3n) is 5.87. The summed E-state index contributed by atoms with van der Waals surface area (Å²) in [6.07, 6.45) is 7.77. The average molecular weight is 394 g/mol. The second-order valence-corrected chi connectivity index (χ2v) is 7.76. The maximum Gasteiger partial charge on any atom is 0.222 e. The number of pyridine rings is 1. The number of aromatic nitrogens is 1. The van der Waals surface area contributed by atoms with E-state index in [1.165, 1.54) is 5.56 Å². The van der Waals surface area contributed by atoms with Crippen molar-refractivity contribution >= 4 is 12.2 Å². The van der Waals surface area contributed by atoms with Crippen LogP contribution in [0.15, 0.2) is 48.8 Å². The van der Waals surface area contributed by atoms with Crippen LogP contribution in [0.1, 0.15) is 31.7 Å². The highest BCUT2D eigenvalue weighted by molar-refractivity contribution is 5.76. The lowest BCUT2D eigenvalue weighted by Gasteiger charge is -2.34. The molecule has 1 N–H and O–H groups in total.